The molecule has 2 aromatic rings. The summed E-state index contributed by atoms with van der Waals surface area (Å²) in [6.07, 6.45) is 2.64. The van der Waals surface area contributed by atoms with E-state index in [0.717, 1.165) is 39.7 Å². The molecule has 0 spiro atoms. The maximum Gasteiger partial charge on any atom is 0.208 e. The molecule has 0 unspecified atom stereocenters. The fraction of sp³-hybridized carbons (Fsp3) is 0.308. The molecule has 0 bridgehead atoms. The number of oxazole rings is 1. The van der Waals surface area contributed by atoms with Crippen molar-refractivity contribution >= 4 is 27.5 Å². The van der Waals surface area contributed by atoms with Gasteiger partial charge in [0.2, 0.25) is 5.89 Å². The summed E-state index contributed by atoms with van der Waals surface area (Å²) in [6.45, 7) is 3.40. The normalized spacial score (nSPS) is 10.8. The SMILES string of the molecule is CCc1cnc(CNCc2ccc(Cl)cc2Br)o1. The Bertz CT molecular complexity index is 527. The minimum atomic E-state index is 0.620. The first-order valence-corrected chi connectivity index (χ1v) is 6.94. The number of nitrogens with zero attached hydrogens (tertiary/aromatic N) is 1. The molecule has 1 heterocycles. The predicted octanol–water partition coefficient (Wildman–Crippen LogP) is 3.94. The van der Waals surface area contributed by atoms with E-state index in [1.165, 1.54) is 0 Å². The van der Waals surface area contributed by atoms with Crippen molar-refractivity contribution < 1.29 is 4.42 Å². The van der Waals surface area contributed by atoms with E-state index in [1.54, 1.807) is 6.20 Å². The lowest BCUT2D eigenvalue weighted by Gasteiger charge is -2.05. The number of hydrogen-bond acceptors (Lipinski definition) is 3. The van der Waals surface area contributed by atoms with Crippen molar-refractivity contribution in [2.24, 2.45) is 0 Å². The van der Waals surface area contributed by atoms with Crippen LogP contribution in [0.25, 0.3) is 0 Å². The van der Waals surface area contributed by atoms with Crippen LogP contribution in [0.3, 0.4) is 0 Å². The maximum absolute atomic E-state index is 5.89. The van der Waals surface area contributed by atoms with E-state index in [9.17, 15) is 0 Å². The minimum absolute atomic E-state index is 0.620. The van der Waals surface area contributed by atoms with E-state index in [0.29, 0.717) is 6.54 Å². The molecule has 0 saturated heterocycles. The van der Waals surface area contributed by atoms with Crippen LogP contribution in [0.4, 0.5) is 0 Å². The summed E-state index contributed by atoms with van der Waals surface area (Å²) >= 11 is 9.38. The van der Waals surface area contributed by atoms with Crippen molar-refractivity contribution in [2.75, 3.05) is 0 Å². The third-order valence-electron chi connectivity index (χ3n) is 2.56. The lowest BCUT2D eigenvalue weighted by Crippen LogP contribution is -2.13. The molecule has 0 aliphatic rings. The highest BCUT2D eigenvalue weighted by Crippen LogP contribution is 2.21. The van der Waals surface area contributed by atoms with Gasteiger partial charge in [-0.15, -0.1) is 0 Å². The van der Waals surface area contributed by atoms with Crippen LogP contribution in [-0.2, 0) is 19.5 Å². The zero-order chi connectivity index (χ0) is 13.0. The van der Waals surface area contributed by atoms with Gasteiger partial charge in [-0.1, -0.05) is 40.5 Å². The molecule has 0 aliphatic heterocycles. The van der Waals surface area contributed by atoms with Gasteiger partial charge in [-0.3, -0.25) is 0 Å². The summed E-state index contributed by atoms with van der Waals surface area (Å²) in [7, 11) is 0. The van der Waals surface area contributed by atoms with E-state index in [2.05, 4.69) is 26.2 Å². The Balaban J connectivity index is 1.88. The molecule has 3 nitrogen and oxygen atoms in total. The van der Waals surface area contributed by atoms with E-state index in [4.69, 9.17) is 16.0 Å². The largest absolute Gasteiger partial charge is 0.444 e. The highest BCUT2D eigenvalue weighted by molar-refractivity contribution is 9.10. The molecule has 0 fully saturated rings. The third kappa shape index (κ3) is 3.57. The first-order valence-electron chi connectivity index (χ1n) is 5.77. The summed E-state index contributed by atoms with van der Waals surface area (Å²) in [5.41, 5.74) is 1.15. The molecule has 0 atom stereocenters. The smallest absolute Gasteiger partial charge is 0.208 e. The third-order valence-corrected chi connectivity index (χ3v) is 3.53. The molecule has 0 radical (unpaired) electrons. The summed E-state index contributed by atoms with van der Waals surface area (Å²) in [4.78, 5) is 4.19. The Labute approximate surface area is 120 Å². The molecule has 0 saturated carbocycles. The van der Waals surface area contributed by atoms with Crippen LogP contribution in [-0.4, -0.2) is 4.98 Å². The summed E-state index contributed by atoms with van der Waals surface area (Å²) in [6, 6.07) is 5.76. The van der Waals surface area contributed by atoms with E-state index in [1.807, 2.05) is 25.1 Å². The highest BCUT2D eigenvalue weighted by atomic mass is 79.9. The molecular weight excluding hydrogens is 316 g/mol. The number of rotatable bonds is 5. The Morgan fingerprint density at radius 2 is 2.22 bits per heavy atom. The molecule has 1 N–H and O–H groups in total. The van der Waals surface area contributed by atoms with E-state index < -0.39 is 0 Å². The molecule has 18 heavy (non-hydrogen) atoms. The lowest BCUT2D eigenvalue weighted by molar-refractivity contribution is 0.439. The molecule has 0 aliphatic carbocycles. The first-order chi connectivity index (χ1) is 8.69. The Kier molecular flexibility index (Phi) is 4.80. The fourth-order valence-corrected chi connectivity index (χ4v) is 2.39. The number of halogens is 2. The van der Waals surface area contributed by atoms with Gasteiger partial charge in [0, 0.05) is 22.5 Å². The number of aryl methyl sites for hydroxylation is 1. The average Bonchev–Trinajstić information content (AvgIpc) is 2.80. The Morgan fingerprint density at radius 1 is 1.39 bits per heavy atom. The minimum Gasteiger partial charge on any atom is -0.444 e. The molecule has 5 heteroatoms. The van der Waals surface area contributed by atoms with Gasteiger partial charge in [-0.05, 0) is 17.7 Å². The topological polar surface area (TPSA) is 38.1 Å². The van der Waals surface area contributed by atoms with Crippen LogP contribution < -0.4 is 5.32 Å². The average molecular weight is 330 g/mol. The van der Waals surface area contributed by atoms with Gasteiger partial charge in [-0.2, -0.15) is 0 Å². The van der Waals surface area contributed by atoms with Gasteiger partial charge in [-0.25, -0.2) is 4.98 Å². The zero-order valence-corrected chi connectivity index (χ0v) is 12.4. The molecule has 1 aromatic carbocycles. The monoisotopic (exact) mass is 328 g/mol. The Morgan fingerprint density at radius 3 is 2.89 bits per heavy atom. The van der Waals surface area contributed by atoms with Crippen LogP contribution in [0, 0.1) is 0 Å². The van der Waals surface area contributed by atoms with Crippen LogP contribution >= 0.6 is 27.5 Å². The number of nitrogens with one attached hydrogen (secondary N) is 1. The van der Waals surface area contributed by atoms with Crippen molar-refractivity contribution in [3.05, 3.63) is 51.1 Å². The molecular formula is C13H14BrClN2O. The van der Waals surface area contributed by atoms with Crippen molar-refractivity contribution in [3.63, 3.8) is 0 Å². The van der Waals surface area contributed by atoms with Crippen LogP contribution in [0.1, 0.15) is 24.1 Å². The molecule has 96 valence electrons. The van der Waals surface area contributed by atoms with Gasteiger partial charge < -0.3 is 9.73 Å². The van der Waals surface area contributed by atoms with Crippen molar-refractivity contribution in [1.82, 2.24) is 10.3 Å². The molecule has 0 amide bonds. The summed E-state index contributed by atoms with van der Waals surface area (Å²) in [5.74, 6) is 1.64. The van der Waals surface area contributed by atoms with Crippen LogP contribution in [0.15, 0.2) is 33.3 Å². The van der Waals surface area contributed by atoms with E-state index >= 15 is 0 Å². The quantitative estimate of drug-likeness (QED) is 0.903. The van der Waals surface area contributed by atoms with Crippen LogP contribution in [0.2, 0.25) is 5.02 Å². The maximum atomic E-state index is 5.89. The van der Waals surface area contributed by atoms with Gasteiger partial charge >= 0.3 is 0 Å². The second kappa shape index (κ2) is 6.36. The predicted molar refractivity (Wildman–Crippen MR) is 75.6 cm³/mol. The van der Waals surface area contributed by atoms with Gasteiger partial charge in [0.25, 0.3) is 0 Å². The number of benzene rings is 1. The van der Waals surface area contributed by atoms with Crippen LogP contribution in [0.5, 0.6) is 0 Å². The first kappa shape index (κ1) is 13.6. The van der Waals surface area contributed by atoms with Crippen molar-refractivity contribution in [3.8, 4) is 0 Å². The number of aromatic nitrogens is 1. The lowest BCUT2D eigenvalue weighted by atomic mass is 10.2. The second-order valence-electron chi connectivity index (χ2n) is 3.91. The fourth-order valence-electron chi connectivity index (χ4n) is 1.56. The number of hydrogen-bond donors (Lipinski definition) is 1. The van der Waals surface area contributed by atoms with Gasteiger partial charge in [0.1, 0.15) is 5.76 Å². The second-order valence-corrected chi connectivity index (χ2v) is 5.20. The molecule has 1 aromatic heterocycles. The highest BCUT2D eigenvalue weighted by Gasteiger charge is 2.03. The van der Waals surface area contributed by atoms with Gasteiger partial charge in [0.05, 0.1) is 12.7 Å². The molecule has 2 rings (SSSR count). The zero-order valence-electron chi connectivity index (χ0n) is 10.0. The standard InChI is InChI=1S/C13H14BrClN2O/c1-2-11-7-17-13(18-11)8-16-6-9-3-4-10(15)5-12(9)14/h3-5,7,16H,2,6,8H2,1H3. The summed E-state index contributed by atoms with van der Waals surface area (Å²) in [5, 5.41) is 4.01. The van der Waals surface area contributed by atoms with Gasteiger partial charge in [0.15, 0.2) is 0 Å². The summed E-state index contributed by atoms with van der Waals surface area (Å²) < 4.78 is 6.52. The van der Waals surface area contributed by atoms with Crippen molar-refractivity contribution in [2.45, 2.75) is 26.4 Å². The van der Waals surface area contributed by atoms with E-state index in [-0.39, 0.29) is 0 Å². The Hall–Kier alpha value is -0.840. The van der Waals surface area contributed by atoms with Crippen molar-refractivity contribution in [1.29, 1.82) is 0 Å².